The smallest absolute Gasteiger partial charge is 0.325 e. The van der Waals surface area contributed by atoms with Gasteiger partial charge in [-0.3, -0.25) is 9.69 Å². The molecule has 8 heteroatoms. The van der Waals surface area contributed by atoms with E-state index in [0.29, 0.717) is 56.1 Å². The third-order valence-corrected chi connectivity index (χ3v) is 8.06. The number of allylic oxidation sites excluding steroid dienone is 1. The van der Waals surface area contributed by atoms with Crippen LogP contribution < -0.4 is 9.47 Å². The van der Waals surface area contributed by atoms with Crippen LogP contribution in [-0.4, -0.2) is 66.0 Å². The average molecular weight is 494 g/mol. The number of nitrogens with zero attached hydrogens (tertiary/aromatic N) is 3. The molecule has 8 nitrogen and oxygen atoms in total. The number of carbonyl (C=O) groups excluding carboxylic acids is 2. The van der Waals surface area contributed by atoms with E-state index in [4.69, 9.17) is 13.9 Å². The number of furan rings is 1. The quantitative estimate of drug-likeness (QED) is 0.609. The predicted octanol–water partition coefficient (Wildman–Crippen LogP) is 4.85. The fraction of sp³-hybridized carbons (Fsp3) is 0.500. The van der Waals surface area contributed by atoms with E-state index in [-0.39, 0.29) is 17.9 Å². The first-order valence-electron chi connectivity index (χ1n) is 12.7. The Morgan fingerprint density at radius 2 is 1.86 bits per heavy atom. The number of likely N-dealkylation sites (tertiary alicyclic amines) is 1. The molecule has 2 fully saturated rings. The molecule has 1 aromatic carbocycles. The number of benzene rings is 1. The summed E-state index contributed by atoms with van der Waals surface area (Å²) >= 11 is 0. The molecular weight excluding hydrogens is 458 g/mol. The highest BCUT2D eigenvalue weighted by Crippen LogP contribution is 2.49. The minimum absolute atomic E-state index is 0.00382. The van der Waals surface area contributed by atoms with Crippen LogP contribution in [0.25, 0.3) is 0 Å². The van der Waals surface area contributed by atoms with Crippen LogP contribution in [0.4, 0.5) is 4.79 Å². The summed E-state index contributed by atoms with van der Waals surface area (Å²) in [5.74, 6) is 2.93. The van der Waals surface area contributed by atoms with Crippen molar-refractivity contribution in [3.63, 3.8) is 0 Å². The van der Waals surface area contributed by atoms with Crippen molar-refractivity contribution in [2.75, 3.05) is 33.9 Å². The number of aryl methyl sites for hydroxylation is 2. The van der Waals surface area contributed by atoms with Crippen LogP contribution in [0.3, 0.4) is 0 Å². The van der Waals surface area contributed by atoms with Gasteiger partial charge in [0, 0.05) is 42.9 Å². The van der Waals surface area contributed by atoms with Gasteiger partial charge >= 0.3 is 6.03 Å². The largest absolute Gasteiger partial charge is 0.497 e. The van der Waals surface area contributed by atoms with Gasteiger partial charge in [0.2, 0.25) is 0 Å². The number of methoxy groups -OCH3 is 2. The van der Waals surface area contributed by atoms with E-state index in [9.17, 15) is 9.59 Å². The van der Waals surface area contributed by atoms with Gasteiger partial charge in [-0.15, -0.1) is 0 Å². The zero-order valence-corrected chi connectivity index (χ0v) is 22.0. The van der Waals surface area contributed by atoms with Gasteiger partial charge in [0.25, 0.3) is 5.91 Å². The molecule has 0 N–H and O–H groups in total. The van der Waals surface area contributed by atoms with Crippen LogP contribution in [0.5, 0.6) is 11.5 Å². The van der Waals surface area contributed by atoms with Crippen LogP contribution in [0.1, 0.15) is 65.6 Å². The van der Waals surface area contributed by atoms with E-state index >= 15 is 0 Å². The Bertz CT molecular complexity index is 1240. The van der Waals surface area contributed by atoms with E-state index in [1.165, 1.54) is 0 Å². The SMILES string of the molecule is CCN1C(=O)N2Cc3cc(OC)cc(OC)c3[C@@H](C)C=C2C12CCN(C(=O)c1cc(C)oc1C)CC2. The molecule has 3 aliphatic heterocycles. The third-order valence-electron chi connectivity index (χ3n) is 8.06. The molecule has 0 bridgehead atoms. The van der Waals surface area contributed by atoms with Gasteiger partial charge in [-0.25, -0.2) is 4.79 Å². The molecule has 5 rings (SSSR count). The molecule has 0 radical (unpaired) electrons. The van der Waals surface area contributed by atoms with E-state index in [1.807, 2.05) is 53.7 Å². The lowest BCUT2D eigenvalue weighted by Crippen LogP contribution is -2.54. The summed E-state index contributed by atoms with van der Waals surface area (Å²) < 4.78 is 16.8. The van der Waals surface area contributed by atoms with Crippen LogP contribution in [0.2, 0.25) is 0 Å². The minimum Gasteiger partial charge on any atom is -0.497 e. The lowest BCUT2D eigenvalue weighted by Gasteiger charge is -2.44. The second-order valence-corrected chi connectivity index (χ2v) is 10.0. The van der Waals surface area contributed by atoms with E-state index in [1.54, 1.807) is 14.2 Å². The molecule has 1 spiro atoms. The van der Waals surface area contributed by atoms with Crippen LogP contribution in [-0.2, 0) is 6.54 Å². The first-order valence-corrected chi connectivity index (χ1v) is 12.7. The third kappa shape index (κ3) is 3.57. The predicted molar refractivity (Wildman–Crippen MR) is 135 cm³/mol. The Morgan fingerprint density at radius 3 is 2.44 bits per heavy atom. The number of ether oxygens (including phenoxy) is 2. The second-order valence-electron chi connectivity index (χ2n) is 10.0. The molecule has 2 aromatic rings. The highest BCUT2D eigenvalue weighted by atomic mass is 16.5. The maximum Gasteiger partial charge on any atom is 0.325 e. The monoisotopic (exact) mass is 493 g/mol. The highest BCUT2D eigenvalue weighted by molar-refractivity contribution is 5.95. The number of urea groups is 1. The first-order chi connectivity index (χ1) is 17.2. The normalized spacial score (nSPS) is 20.7. The van der Waals surface area contributed by atoms with Crippen molar-refractivity contribution in [1.29, 1.82) is 0 Å². The molecule has 1 aromatic heterocycles. The van der Waals surface area contributed by atoms with E-state index in [2.05, 4.69) is 13.0 Å². The molecule has 0 saturated carbocycles. The Labute approximate surface area is 212 Å². The average Bonchev–Trinajstić information content (AvgIpc) is 3.24. The summed E-state index contributed by atoms with van der Waals surface area (Å²) in [6.07, 6.45) is 3.62. The molecule has 0 aliphatic carbocycles. The molecule has 36 heavy (non-hydrogen) atoms. The molecule has 1 atom stereocenters. The number of carbonyl (C=O) groups is 2. The molecule has 3 aliphatic rings. The Hall–Kier alpha value is -3.42. The fourth-order valence-electron chi connectivity index (χ4n) is 6.36. The molecule has 3 amide bonds. The minimum atomic E-state index is -0.433. The molecule has 0 unspecified atom stereocenters. The van der Waals surface area contributed by atoms with Crippen molar-refractivity contribution in [3.05, 3.63) is 58.2 Å². The van der Waals surface area contributed by atoms with Crippen LogP contribution in [0, 0.1) is 13.8 Å². The van der Waals surface area contributed by atoms with Crippen molar-refractivity contribution < 1.29 is 23.5 Å². The second kappa shape index (κ2) is 8.91. The summed E-state index contributed by atoms with van der Waals surface area (Å²) in [4.78, 5) is 32.8. The van der Waals surface area contributed by atoms with Gasteiger partial charge in [0.05, 0.1) is 31.9 Å². The van der Waals surface area contributed by atoms with Crippen LogP contribution >= 0.6 is 0 Å². The van der Waals surface area contributed by atoms with Crippen LogP contribution in [0.15, 0.2) is 34.4 Å². The topological polar surface area (TPSA) is 75.5 Å². The molecule has 192 valence electrons. The maximum absolute atomic E-state index is 13.8. The van der Waals surface area contributed by atoms with Crippen molar-refractivity contribution in [1.82, 2.24) is 14.7 Å². The number of amides is 3. The summed E-state index contributed by atoms with van der Waals surface area (Å²) in [6.45, 7) is 10.1. The summed E-state index contributed by atoms with van der Waals surface area (Å²) in [6, 6.07) is 5.75. The lowest BCUT2D eigenvalue weighted by atomic mass is 9.82. The maximum atomic E-state index is 13.8. The van der Waals surface area contributed by atoms with Gasteiger partial charge in [-0.2, -0.15) is 0 Å². The van der Waals surface area contributed by atoms with Crippen molar-refractivity contribution in [3.8, 4) is 11.5 Å². The summed E-state index contributed by atoms with van der Waals surface area (Å²) in [5.41, 5.74) is 3.35. The number of hydrogen-bond donors (Lipinski definition) is 0. The zero-order chi connectivity index (χ0) is 25.8. The van der Waals surface area contributed by atoms with E-state index in [0.717, 1.165) is 28.3 Å². The first kappa shape index (κ1) is 24.3. The van der Waals surface area contributed by atoms with Gasteiger partial charge in [0.15, 0.2) is 0 Å². The number of piperidine rings is 1. The number of rotatable bonds is 4. The lowest BCUT2D eigenvalue weighted by molar-refractivity contribution is 0.0574. The number of hydrogen-bond acceptors (Lipinski definition) is 5. The molecule has 2 saturated heterocycles. The standard InChI is InChI=1S/C28H35N3O5/c1-7-31-27(33)30-16-20-14-21(34-5)15-23(35-6)25(20)17(2)12-24(30)28(31)8-10-29(11-9-28)26(32)22-13-18(3)36-19(22)4/h12-15,17H,7-11,16H2,1-6H3/t17-/m0/s1. The highest BCUT2D eigenvalue weighted by Gasteiger charge is 2.55. The van der Waals surface area contributed by atoms with Gasteiger partial charge in [0.1, 0.15) is 23.0 Å². The molecule has 4 heterocycles. The van der Waals surface area contributed by atoms with Gasteiger partial charge in [-0.05, 0) is 51.3 Å². The van der Waals surface area contributed by atoms with Gasteiger partial charge < -0.3 is 23.7 Å². The van der Waals surface area contributed by atoms with Crippen molar-refractivity contribution >= 4 is 11.9 Å². The fourth-order valence-corrected chi connectivity index (χ4v) is 6.36. The van der Waals surface area contributed by atoms with Crippen molar-refractivity contribution in [2.24, 2.45) is 0 Å². The molecular formula is C28H35N3O5. The Kier molecular flexibility index (Phi) is 6.01. The number of likely N-dealkylation sites (N-methyl/N-ethyl adjacent to an activating group) is 1. The zero-order valence-electron chi connectivity index (χ0n) is 22.0. The Morgan fingerprint density at radius 1 is 1.14 bits per heavy atom. The van der Waals surface area contributed by atoms with Gasteiger partial charge in [-0.1, -0.05) is 13.0 Å². The summed E-state index contributed by atoms with van der Waals surface area (Å²) in [7, 11) is 3.31. The van der Waals surface area contributed by atoms with Crippen molar-refractivity contribution in [2.45, 2.75) is 58.5 Å². The summed E-state index contributed by atoms with van der Waals surface area (Å²) in [5, 5.41) is 0. The Balaban J connectivity index is 1.49. The number of fused-ring (bicyclic) bond motifs is 3. The van der Waals surface area contributed by atoms with E-state index < -0.39 is 5.54 Å².